The van der Waals surface area contributed by atoms with Crippen molar-refractivity contribution < 1.29 is 19.7 Å². The molecule has 0 aliphatic heterocycles. The molecule has 5 rings (SSSR count). The van der Waals surface area contributed by atoms with Gasteiger partial charge in [-0.15, -0.1) is 0 Å². The van der Waals surface area contributed by atoms with Gasteiger partial charge in [0.05, 0.1) is 0 Å². The lowest BCUT2D eigenvalue weighted by molar-refractivity contribution is 0.450. The summed E-state index contributed by atoms with van der Waals surface area (Å²) in [6, 6.07) is 19.0. The predicted molar refractivity (Wildman–Crippen MR) is 152 cm³/mol. The highest BCUT2D eigenvalue weighted by Crippen LogP contribution is 2.22. The van der Waals surface area contributed by atoms with Gasteiger partial charge in [0, 0.05) is 37.1 Å². The van der Waals surface area contributed by atoms with Crippen LogP contribution in [0.15, 0.2) is 107 Å². The van der Waals surface area contributed by atoms with E-state index in [1.807, 2.05) is 35.3 Å². The van der Waals surface area contributed by atoms with Crippen LogP contribution in [0.3, 0.4) is 0 Å². The maximum absolute atomic E-state index is 12.0. The number of aromatic nitrogens is 4. The fourth-order valence-electron chi connectivity index (χ4n) is 3.03. The summed E-state index contributed by atoms with van der Waals surface area (Å²) >= 11 is 0. The first-order valence-corrected chi connectivity index (χ1v) is 11.7. The molecule has 0 spiro atoms. The molecule has 0 saturated heterocycles. The Balaban J connectivity index is 0.000000173. The summed E-state index contributed by atoms with van der Waals surface area (Å²) in [7, 11) is 0. The van der Waals surface area contributed by atoms with Crippen LogP contribution in [-0.4, -0.2) is 35.3 Å². The smallest absolute Gasteiger partial charge is 0.325 e. The van der Waals surface area contributed by atoms with E-state index in [4.69, 9.17) is 5.11 Å². The normalized spacial score (nSPS) is 10.4. The Morgan fingerprint density at radius 3 is 1.50 bits per heavy atom. The lowest BCUT2D eigenvalue weighted by Crippen LogP contribution is -2.23. The van der Waals surface area contributed by atoms with E-state index in [-0.39, 0.29) is 17.2 Å². The van der Waals surface area contributed by atoms with Crippen LogP contribution in [0.2, 0.25) is 0 Å². The van der Waals surface area contributed by atoms with Gasteiger partial charge in [-0.25, -0.2) is 4.79 Å². The van der Waals surface area contributed by atoms with Gasteiger partial charge in [0.1, 0.15) is 17.2 Å². The highest BCUT2D eigenvalue weighted by molar-refractivity contribution is 5.71. The predicted octanol–water partition coefficient (Wildman–Crippen LogP) is 4.82. The van der Waals surface area contributed by atoms with Gasteiger partial charge in [-0.2, -0.15) is 4.39 Å². The number of rotatable bonds is 4. The Morgan fingerprint density at radius 1 is 0.600 bits per heavy atom. The van der Waals surface area contributed by atoms with E-state index in [2.05, 4.69) is 22.1 Å². The first kappa shape index (κ1) is 28.8. The second-order valence-corrected chi connectivity index (χ2v) is 8.02. The van der Waals surface area contributed by atoms with Gasteiger partial charge >= 0.3 is 5.69 Å². The zero-order chi connectivity index (χ0) is 28.7. The summed E-state index contributed by atoms with van der Waals surface area (Å²) < 4.78 is 12.0. The second-order valence-electron chi connectivity index (χ2n) is 8.02. The van der Waals surface area contributed by atoms with E-state index in [1.165, 1.54) is 6.07 Å². The number of nitrogens with one attached hydrogen (secondary N) is 2. The largest absolute Gasteiger partial charge is 0.508 e. The van der Waals surface area contributed by atoms with Crippen molar-refractivity contribution >= 4 is 24.3 Å². The average molecular weight is 541 g/mol. The third kappa shape index (κ3) is 10.3. The third-order valence-corrected chi connectivity index (χ3v) is 4.94. The van der Waals surface area contributed by atoms with Gasteiger partial charge in [0.25, 0.3) is 5.56 Å². The van der Waals surface area contributed by atoms with E-state index in [0.717, 1.165) is 16.7 Å². The molecule has 202 valence electrons. The van der Waals surface area contributed by atoms with Gasteiger partial charge in [0.2, 0.25) is 5.82 Å². The van der Waals surface area contributed by atoms with Crippen molar-refractivity contribution in [2.75, 3.05) is 0 Å². The first-order valence-electron chi connectivity index (χ1n) is 11.7. The van der Waals surface area contributed by atoms with Crippen molar-refractivity contribution in [2.45, 2.75) is 0 Å². The summed E-state index contributed by atoms with van der Waals surface area (Å²) in [5.74, 6) is -0.725. The van der Waals surface area contributed by atoms with E-state index in [1.54, 1.807) is 72.2 Å². The monoisotopic (exact) mass is 540 g/mol. The van der Waals surface area contributed by atoms with Crippen LogP contribution < -0.4 is 11.2 Å². The number of nitrogens with zero attached hydrogens (tertiary/aromatic N) is 2. The second kappa shape index (κ2) is 14.8. The molecule has 0 unspecified atom stereocenters. The molecule has 0 bridgehead atoms. The molecule has 0 amide bonds. The Hall–Kier alpha value is -5.77. The van der Waals surface area contributed by atoms with Gasteiger partial charge in [-0.1, -0.05) is 36.4 Å². The van der Waals surface area contributed by atoms with Crippen LogP contribution in [0, 0.1) is 5.82 Å². The lowest BCUT2D eigenvalue weighted by atomic mass is 10.1. The molecule has 3 aromatic heterocycles. The van der Waals surface area contributed by atoms with E-state index in [0.29, 0.717) is 11.8 Å². The highest BCUT2D eigenvalue weighted by Gasteiger charge is 1.96. The molecule has 0 saturated carbocycles. The Morgan fingerprint density at radius 2 is 1.05 bits per heavy atom. The molecule has 5 N–H and O–H groups in total. The standard InChI is InChI=1S/C14H12O3.C12H10N2.C4H3FN2O2/c15-12-5-3-10(4-6-12)1-2-11-7-13(16)9-14(17)8-11;1(11-3-7-13-8-4-11)2-12-5-9-14-10-6-12;5-2-1-6-4(9)7-3(2)8/h1-9,15-17H;1-10H;1H,(H2,6,7,8,9)/b2*2-1+;. The van der Waals surface area contributed by atoms with Gasteiger partial charge in [-0.05, 0) is 70.8 Å². The molecule has 5 aromatic rings. The van der Waals surface area contributed by atoms with Crippen molar-refractivity contribution in [1.29, 1.82) is 0 Å². The Labute approximate surface area is 228 Å². The summed E-state index contributed by atoms with van der Waals surface area (Å²) in [5, 5.41) is 27.7. The van der Waals surface area contributed by atoms with Crippen LogP contribution in [0.25, 0.3) is 24.3 Å². The Bertz CT molecular complexity index is 1610. The minimum atomic E-state index is -1.00. The molecule has 0 aliphatic carbocycles. The number of benzene rings is 2. The van der Waals surface area contributed by atoms with E-state index >= 15 is 0 Å². The molecule has 40 heavy (non-hydrogen) atoms. The summed E-state index contributed by atoms with van der Waals surface area (Å²) in [5.41, 5.74) is 2.22. The quantitative estimate of drug-likeness (QED) is 0.205. The molecule has 3 heterocycles. The van der Waals surface area contributed by atoms with E-state index in [9.17, 15) is 24.2 Å². The van der Waals surface area contributed by atoms with Crippen molar-refractivity contribution in [3.63, 3.8) is 0 Å². The SMILES string of the molecule is C(=C\c1ccncc1)/c1ccncc1.O=c1[nH]cc(F)c(=O)[nH]1.Oc1ccc(/C=C/c2cc(O)cc(O)c2)cc1. The van der Waals surface area contributed by atoms with Gasteiger partial charge < -0.3 is 20.3 Å². The number of aromatic amines is 2. The van der Waals surface area contributed by atoms with Crippen molar-refractivity contribution in [3.05, 3.63) is 147 Å². The maximum Gasteiger partial charge on any atom is 0.325 e. The molecule has 0 radical (unpaired) electrons. The number of phenols is 3. The highest BCUT2D eigenvalue weighted by atomic mass is 19.1. The molecule has 9 nitrogen and oxygen atoms in total. The van der Waals surface area contributed by atoms with Crippen LogP contribution in [0.5, 0.6) is 17.2 Å². The number of hydrogen-bond acceptors (Lipinski definition) is 7. The minimum Gasteiger partial charge on any atom is -0.508 e. The average Bonchev–Trinajstić information content (AvgIpc) is 2.95. The van der Waals surface area contributed by atoms with Crippen LogP contribution in [0.4, 0.5) is 4.39 Å². The van der Waals surface area contributed by atoms with Crippen molar-refractivity contribution in [2.24, 2.45) is 0 Å². The third-order valence-electron chi connectivity index (χ3n) is 4.94. The number of pyridine rings is 2. The topological polar surface area (TPSA) is 152 Å². The van der Waals surface area contributed by atoms with Crippen LogP contribution in [-0.2, 0) is 0 Å². The summed E-state index contributed by atoms with van der Waals surface area (Å²) in [6.07, 6.45) is 15.5. The first-order chi connectivity index (χ1) is 19.3. The molecule has 2 aromatic carbocycles. The molecular weight excluding hydrogens is 515 g/mol. The molecule has 0 atom stereocenters. The number of aromatic hydroxyl groups is 3. The summed E-state index contributed by atoms with van der Waals surface area (Å²) in [6.45, 7) is 0. The van der Waals surface area contributed by atoms with E-state index < -0.39 is 17.1 Å². The fraction of sp³-hybridized carbons (Fsp3) is 0. The molecular formula is C30H25FN4O5. The number of phenolic OH excluding ortho intramolecular Hbond substituents is 3. The minimum absolute atomic E-state index is 0.0235. The lowest BCUT2D eigenvalue weighted by Gasteiger charge is -1.98. The Kier molecular flexibility index (Phi) is 10.7. The molecule has 0 aliphatic rings. The van der Waals surface area contributed by atoms with Crippen molar-refractivity contribution in [3.8, 4) is 17.2 Å². The zero-order valence-corrected chi connectivity index (χ0v) is 21.0. The zero-order valence-electron chi connectivity index (χ0n) is 21.0. The summed E-state index contributed by atoms with van der Waals surface area (Å²) in [4.78, 5) is 31.9. The maximum atomic E-state index is 12.0. The van der Waals surface area contributed by atoms with Gasteiger partial charge in [0.15, 0.2) is 0 Å². The fourth-order valence-corrected chi connectivity index (χ4v) is 3.03. The number of hydrogen-bond donors (Lipinski definition) is 5. The van der Waals surface area contributed by atoms with Gasteiger partial charge in [-0.3, -0.25) is 19.7 Å². The molecule has 0 fully saturated rings. The number of halogens is 1. The van der Waals surface area contributed by atoms with Crippen LogP contribution in [0.1, 0.15) is 22.3 Å². The van der Waals surface area contributed by atoms with Crippen molar-refractivity contribution in [1.82, 2.24) is 19.9 Å². The molecule has 10 heteroatoms. The van der Waals surface area contributed by atoms with Crippen LogP contribution >= 0.6 is 0 Å². The number of H-pyrrole nitrogens is 2.